The number of aryl methyl sites for hydroxylation is 2. The summed E-state index contributed by atoms with van der Waals surface area (Å²) in [4.78, 5) is 35.3. The van der Waals surface area contributed by atoms with Crippen LogP contribution in [0.3, 0.4) is 0 Å². The van der Waals surface area contributed by atoms with E-state index in [1.54, 1.807) is 32.0 Å². The maximum absolute atomic E-state index is 12.3. The summed E-state index contributed by atoms with van der Waals surface area (Å²) in [6.45, 7) is 2.89. The molecule has 0 aliphatic rings. The van der Waals surface area contributed by atoms with Gasteiger partial charge in [-0.1, -0.05) is 29.3 Å². The number of fused-ring (bicyclic) bond motifs is 1. The van der Waals surface area contributed by atoms with E-state index in [1.165, 1.54) is 12.1 Å². The van der Waals surface area contributed by atoms with E-state index in [4.69, 9.17) is 27.9 Å². The lowest BCUT2D eigenvalue weighted by molar-refractivity contribution is -0.384. The Labute approximate surface area is 179 Å². The molecule has 3 rings (SSSR count). The van der Waals surface area contributed by atoms with Gasteiger partial charge >= 0.3 is 5.97 Å². The first kappa shape index (κ1) is 21.0. The highest BCUT2D eigenvalue weighted by atomic mass is 35.5. The molecule has 1 heterocycles. The van der Waals surface area contributed by atoms with Crippen molar-refractivity contribution in [2.75, 3.05) is 11.9 Å². The Morgan fingerprint density at radius 3 is 2.55 bits per heavy atom. The van der Waals surface area contributed by atoms with E-state index in [9.17, 15) is 19.7 Å². The zero-order valence-electron chi connectivity index (χ0n) is 15.2. The highest BCUT2D eigenvalue weighted by molar-refractivity contribution is 7.21. The summed E-state index contributed by atoms with van der Waals surface area (Å²) < 4.78 is 5.74. The summed E-state index contributed by atoms with van der Waals surface area (Å²) >= 11 is 13.3. The van der Waals surface area contributed by atoms with Crippen LogP contribution < -0.4 is 5.32 Å². The number of hydrogen-bond acceptors (Lipinski definition) is 6. The standard InChI is InChI=1S/C19H14Cl2N2O5S/c1-9-5-13(14(23(26)27)6-10(9)2)22-16(24)8-28-19(25)18-17(21)12-4-3-11(20)7-15(12)29-18/h3-7H,8H2,1-2H3,(H,22,24). The van der Waals surface area contributed by atoms with Crippen molar-refractivity contribution in [1.29, 1.82) is 0 Å². The highest BCUT2D eigenvalue weighted by Crippen LogP contribution is 2.37. The molecule has 0 aliphatic carbocycles. The van der Waals surface area contributed by atoms with Gasteiger partial charge in [-0.15, -0.1) is 11.3 Å². The lowest BCUT2D eigenvalue weighted by Gasteiger charge is -2.09. The molecule has 0 unspecified atom stereocenters. The number of anilines is 1. The van der Waals surface area contributed by atoms with Gasteiger partial charge in [0.25, 0.3) is 11.6 Å². The molecule has 0 bridgehead atoms. The second-order valence-corrected chi connectivity index (χ2v) is 8.09. The zero-order chi connectivity index (χ0) is 21.3. The van der Waals surface area contributed by atoms with Crippen molar-refractivity contribution in [2.45, 2.75) is 13.8 Å². The quantitative estimate of drug-likeness (QED) is 0.311. The minimum atomic E-state index is -0.767. The van der Waals surface area contributed by atoms with Crippen LogP contribution >= 0.6 is 34.5 Å². The molecule has 1 amide bonds. The smallest absolute Gasteiger partial charge is 0.350 e. The van der Waals surface area contributed by atoms with E-state index in [2.05, 4.69) is 5.32 Å². The summed E-state index contributed by atoms with van der Waals surface area (Å²) in [7, 11) is 0. The first-order valence-corrected chi connectivity index (χ1v) is 9.84. The molecule has 3 aromatic rings. The molecule has 1 aromatic heterocycles. The number of thiophene rings is 1. The van der Waals surface area contributed by atoms with Crippen LogP contribution in [0.1, 0.15) is 20.8 Å². The van der Waals surface area contributed by atoms with Crippen LogP contribution in [0.4, 0.5) is 11.4 Å². The monoisotopic (exact) mass is 452 g/mol. The lowest BCUT2D eigenvalue weighted by atomic mass is 10.1. The number of hydrogen-bond donors (Lipinski definition) is 1. The Hall–Kier alpha value is -2.68. The van der Waals surface area contributed by atoms with Gasteiger partial charge in [-0.3, -0.25) is 14.9 Å². The summed E-state index contributed by atoms with van der Waals surface area (Å²) in [5.74, 6) is -1.47. The van der Waals surface area contributed by atoms with E-state index in [0.717, 1.165) is 22.5 Å². The maximum Gasteiger partial charge on any atom is 0.350 e. The van der Waals surface area contributed by atoms with Crippen LogP contribution in [0.5, 0.6) is 0 Å². The molecule has 29 heavy (non-hydrogen) atoms. The molecule has 0 saturated heterocycles. The number of nitrogens with zero attached hydrogens (tertiary/aromatic N) is 1. The first-order chi connectivity index (χ1) is 13.7. The first-order valence-electron chi connectivity index (χ1n) is 8.27. The fourth-order valence-electron chi connectivity index (χ4n) is 2.61. The summed E-state index contributed by atoms with van der Waals surface area (Å²) in [5.41, 5.74) is 1.30. The minimum Gasteiger partial charge on any atom is -0.451 e. The van der Waals surface area contributed by atoms with Crippen LogP contribution in [0.25, 0.3) is 10.1 Å². The third-order valence-corrected chi connectivity index (χ3v) is 6.07. The second kappa shape index (κ2) is 8.36. The lowest BCUT2D eigenvalue weighted by Crippen LogP contribution is -2.21. The number of nitrogens with one attached hydrogen (secondary N) is 1. The van der Waals surface area contributed by atoms with Gasteiger partial charge in [-0.25, -0.2) is 4.79 Å². The topological polar surface area (TPSA) is 98.5 Å². The predicted molar refractivity (Wildman–Crippen MR) is 113 cm³/mol. The predicted octanol–water partition coefficient (Wildman–Crippen LogP) is 5.53. The Kier molecular flexibility index (Phi) is 6.07. The molecule has 1 N–H and O–H groups in total. The van der Waals surface area contributed by atoms with E-state index >= 15 is 0 Å². The van der Waals surface area contributed by atoms with Gasteiger partial charge in [-0.05, 0) is 43.2 Å². The number of halogens is 2. The number of ether oxygens (including phenoxy) is 1. The van der Waals surface area contributed by atoms with Gasteiger partial charge in [0, 0.05) is 21.2 Å². The fourth-order valence-corrected chi connectivity index (χ4v) is 4.28. The van der Waals surface area contributed by atoms with Gasteiger partial charge in [0.2, 0.25) is 0 Å². The van der Waals surface area contributed by atoms with E-state index in [0.29, 0.717) is 15.1 Å². The van der Waals surface area contributed by atoms with Crippen LogP contribution in [-0.4, -0.2) is 23.4 Å². The van der Waals surface area contributed by atoms with Crippen LogP contribution in [0, 0.1) is 24.0 Å². The maximum atomic E-state index is 12.3. The molecule has 0 radical (unpaired) electrons. The molecule has 150 valence electrons. The number of amides is 1. The number of rotatable bonds is 5. The van der Waals surface area contributed by atoms with Crippen molar-refractivity contribution < 1.29 is 19.2 Å². The van der Waals surface area contributed by atoms with E-state index in [1.807, 2.05) is 0 Å². The number of carbonyl (C=O) groups is 2. The average molecular weight is 453 g/mol. The molecule has 0 spiro atoms. The number of esters is 1. The fraction of sp³-hybridized carbons (Fsp3) is 0.158. The van der Waals surface area contributed by atoms with Crippen molar-refractivity contribution >= 4 is 67.9 Å². The van der Waals surface area contributed by atoms with Crippen LogP contribution in [-0.2, 0) is 9.53 Å². The van der Waals surface area contributed by atoms with Gasteiger partial charge < -0.3 is 10.1 Å². The number of nitro benzene ring substituents is 1. The van der Waals surface area contributed by atoms with Gasteiger partial charge in [-0.2, -0.15) is 0 Å². The van der Waals surface area contributed by atoms with Gasteiger partial charge in [0.15, 0.2) is 6.61 Å². The third-order valence-electron chi connectivity index (χ3n) is 4.19. The SMILES string of the molecule is Cc1cc(NC(=O)COC(=O)c2sc3cc(Cl)ccc3c2Cl)c([N+](=O)[O-])cc1C. The number of carbonyl (C=O) groups excluding carboxylic acids is 2. The zero-order valence-corrected chi connectivity index (χ0v) is 17.6. The molecule has 10 heteroatoms. The Balaban J connectivity index is 1.72. The van der Waals surface area contributed by atoms with Crippen LogP contribution in [0.2, 0.25) is 10.0 Å². The molecular formula is C19H14Cl2N2O5S. The highest BCUT2D eigenvalue weighted by Gasteiger charge is 2.21. The Morgan fingerprint density at radius 2 is 1.86 bits per heavy atom. The molecule has 0 fully saturated rings. The van der Waals surface area contributed by atoms with Crippen molar-refractivity contribution in [3.05, 3.63) is 66.5 Å². The normalized spacial score (nSPS) is 10.8. The van der Waals surface area contributed by atoms with Crippen molar-refractivity contribution in [3.8, 4) is 0 Å². The molecule has 0 atom stereocenters. The summed E-state index contributed by atoms with van der Waals surface area (Å²) in [6, 6.07) is 7.90. The van der Waals surface area contributed by atoms with Gasteiger partial charge in [0.1, 0.15) is 10.6 Å². The van der Waals surface area contributed by atoms with Crippen molar-refractivity contribution in [3.63, 3.8) is 0 Å². The minimum absolute atomic E-state index is 0.0358. The molecule has 0 aliphatic heterocycles. The molecule has 0 saturated carbocycles. The van der Waals surface area contributed by atoms with E-state index < -0.39 is 23.4 Å². The van der Waals surface area contributed by atoms with Crippen LogP contribution in [0.15, 0.2) is 30.3 Å². The summed E-state index contributed by atoms with van der Waals surface area (Å²) in [6.07, 6.45) is 0. The number of benzene rings is 2. The largest absolute Gasteiger partial charge is 0.451 e. The average Bonchev–Trinajstić information content (AvgIpc) is 2.98. The Morgan fingerprint density at radius 1 is 1.17 bits per heavy atom. The Bertz CT molecular complexity index is 1160. The van der Waals surface area contributed by atoms with Crippen molar-refractivity contribution in [2.24, 2.45) is 0 Å². The second-order valence-electron chi connectivity index (χ2n) is 6.22. The third kappa shape index (κ3) is 4.50. The molecule has 7 nitrogen and oxygen atoms in total. The number of nitro groups is 1. The molecule has 2 aromatic carbocycles. The summed E-state index contributed by atoms with van der Waals surface area (Å²) in [5, 5.41) is 15.0. The molecular weight excluding hydrogens is 439 g/mol. The van der Waals surface area contributed by atoms with Crippen molar-refractivity contribution in [1.82, 2.24) is 0 Å². The van der Waals surface area contributed by atoms with Gasteiger partial charge in [0.05, 0.1) is 9.95 Å². The van der Waals surface area contributed by atoms with E-state index in [-0.39, 0.29) is 21.3 Å².